The molecule has 2 aliphatic carbocycles. The molecule has 2 saturated carbocycles. The summed E-state index contributed by atoms with van der Waals surface area (Å²) in [7, 11) is 0. The van der Waals surface area contributed by atoms with Crippen LogP contribution in [0.3, 0.4) is 0 Å². The van der Waals surface area contributed by atoms with Gasteiger partial charge in [0.1, 0.15) is 0 Å². The molecule has 100 valence electrons. The van der Waals surface area contributed by atoms with Gasteiger partial charge in [0.15, 0.2) is 0 Å². The first kappa shape index (κ1) is 13.4. The summed E-state index contributed by atoms with van der Waals surface area (Å²) < 4.78 is 0. The third-order valence-corrected chi connectivity index (χ3v) is 5.23. The van der Waals surface area contributed by atoms with Crippen LogP contribution in [-0.2, 0) is 0 Å². The fraction of sp³-hybridized carbons (Fsp3) is 1.00. The van der Waals surface area contributed by atoms with Gasteiger partial charge in [0, 0.05) is 25.7 Å². The summed E-state index contributed by atoms with van der Waals surface area (Å²) in [6, 6.07) is 0.762. The van der Waals surface area contributed by atoms with Crippen molar-refractivity contribution in [1.82, 2.24) is 4.90 Å². The van der Waals surface area contributed by atoms with Crippen LogP contribution in [0.5, 0.6) is 0 Å². The van der Waals surface area contributed by atoms with Gasteiger partial charge >= 0.3 is 0 Å². The van der Waals surface area contributed by atoms with E-state index in [1.165, 1.54) is 45.1 Å². The van der Waals surface area contributed by atoms with Crippen LogP contribution in [0.1, 0.15) is 52.4 Å². The van der Waals surface area contributed by atoms with Crippen LogP contribution in [0, 0.1) is 17.8 Å². The van der Waals surface area contributed by atoms with Crippen LogP contribution < -0.4 is 5.73 Å². The van der Waals surface area contributed by atoms with Gasteiger partial charge in [-0.2, -0.15) is 0 Å². The quantitative estimate of drug-likeness (QED) is 0.739. The van der Waals surface area contributed by atoms with Crippen molar-refractivity contribution in [2.24, 2.45) is 23.5 Å². The minimum atomic E-state index is 0.762. The molecule has 0 aromatic rings. The van der Waals surface area contributed by atoms with E-state index in [-0.39, 0.29) is 0 Å². The molecule has 2 fully saturated rings. The Morgan fingerprint density at radius 3 is 2.41 bits per heavy atom. The fourth-order valence-electron chi connectivity index (χ4n) is 4.30. The predicted octanol–water partition coefficient (Wildman–Crippen LogP) is 2.87. The third-order valence-electron chi connectivity index (χ3n) is 5.23. The fourth-order valence-corrected chi connectivity index (χ4v) is 4.30. The summed E-state index contributed by atoms with van der Waals surface area (Å²) in [4.78, 5) is 2.69. The Kier molecular flexibility index (Phi) is 4.87. The van der Waals surface area contributed by atoms with Crippen molar-refractivity contribution in [2.75, 3.05) is 19.6 Å². The molecule has 3 unspecified atom stereocenters. The number of nitrogens with zero attached hydrogens (tertiary/aromatic N) is 1. The predicted molar refractivity (Wildman–Crippen MR) is 73.9 cm³/mol. The lowest BCUT2D eigenvalue weighted by Gasteiger charge is -2.35. The van der Waals surface area contributed by atoms with Gasteiger partial charge in [-0.3, -0.25) is 4.90 Å². The Bertz CT molecular complexity index is 225. The van der Waals surface area contributed by atoms with Gasteiger partial charge in [-0.15, -0.1) is 0 Å². The standard InChI is InChI=1S/C15H30N2/c1-3-15(4-2)17(8-7-16)11-14-10-12-5-6-13(14)9-12/h12-15H,3-11,16H2,1-2H3. The lowest BCUT2D eigenvalue weighted by molar-refractivity contribution is 0.138. The molecule has 2 bridgehead atoms. The van der Waals surface area contributed by atoms with Gasteiger partial charge < -0.3 is 5.73 Å². The highest BCUT2D eigenvalue weighted by Gasteiger charge is 2.40. The van der Waals surface area contributed by atoms with Crippen LogP contribution in [0.15, 0.2) is 0 Å². The number of hydrogen-bond donors (Lipinski definition) is 1. The molecular formula is C15H30N2. The maximum atomic E-state index is 5.79. The Morgan fingerprint density at radius 2 is 1.94 bits per heavy atom. The van der Waals surface area contributed by atoms with Gasteiger partial charge in [0.05, 0.1) is 0 Å². The van der Waals surface area contributed by atoms with E-state index in [2.05, 4.69) is 18.7 Å². The van der Waals surface area contributed by atoms with E-state index in [1.54, 1.807) is 0 Å². The highest BCUT2D eigenvalue weighted by molar-refractivity contribution is 4.91. The highest BCUT2D eigenvalue weighted by Crippen LogP contribution is 2.48. The average Bonchev–Trinajstić information content (AvgIpc) is 2.93. The molecule has 0 amide bonds. The van der Waals surface area contributed by atoms with Crippen molar-refractivity contribution in [3.8, 4) is 0 Å². The first-order valence-corrected chi connectivity index (χ1v) is 7.72. The molecule has 0 aliphatic heterocycles. The summed E-state index contributed by atoms with van der Waals surface area (Å²) in [5.74, 6) is 3.11. The van der Waals surface area contributed by atoms with Crippen molar-refractivity contribution < 1.29 is 0 Å². The molecule has 2 N–H and O–H groups in total. The molecule has 0 saturated heterocycles. The number of hydrogen-bond acceptors (Lipinski definition) is 2. The highest BCUT2D eigenvalue weighted by atomic mass is 15.2. The Hall–Kier alpha value is -0.0800. The molecule has 2 rings (SSSR count). The molecule has 2 aliphatic rings. The zero-order chi connectivity index (χ0) is 12.3. The molecule has 2 nitrogen and oxygen atoms in total. The molecule has 0 aromatic carbocycles. The summed E-state index contributed by atoms with van der Waals surface area (Å²) in [6.45, 7) is 7.87. The van der Waals surface area contributed by atoms with Crippen LogP contribution in [-0.4, -0.2) is 30.6 Å². The van der Waals surface area contributed by atoms with E-state index in [1.807, 2.05) is 0 Å². The lowest BCUT2D eigenvalue weighted by Crippen LogP contribution is -2.42. The molecule has 3 atom stereocenters. The van der Waals surface area contributed by atoms with Crippen LogP contribution >= 0.6 is 0 Å². The summed E-state index contributed by atoms with van der Waals surface area (Å²) in [5, 5.41) is 0. The van der Waals surface area contributed by atoms with E-state index in [9.17, 15) is 0 Å². The van der Waals surface area contributed by atoms with E-state index in [0.717, 1.165) is 36.9 Å². The van der Waals surface area contributed by atoms with Crippen molar-refractivity contribution in [1.29, 1.82) is 0 Å². The number of nitrogens with two attached hydrogens (primary N) is 1. The normalized spacial score (nSPS) is 31.9. The maximum absolute atomic E-state index is 5.79. The minimum Gasteiger partial charge on any atom is -0.329 e. The molecule has 0 heterocycles. The topological polar surface area (TPSA) is 29.3 Å². The summed E-state index contributed by atoms with van der Waals surface area (Å²) >= 11 is 0. The second-order valence-corrected chi connectivity index (χ2v) is 6.19. The molecule has 0 radical (unpaired) electrons. The number of rotatable bonds is 7. The Balaban J connectivity index is 1.88. The van der Waals surface area contributed by atoms with Crippen LogP contribution in [0.4, 0.5) is 0 Å². The SMILES string of the molecule is CCC(CC)N(CCN)CC1CC2CCC1C2. The second-order valence-electron chi connectivity index (χ2n) is 6.19. The van der Waals surface area contributed by atoms with Crippen molar-refractivity contribution in [2.45, 2.75) is 58.4 Å². The summed E-state index contributed by atoms with van der Waals surface area (Å²) in [5.41, 5.74) is 5.79. The monoisotopic (exact) mass is 238 g/mol. The minimum absolute atomic E-state index is 0.762. The molecule has 17 heavy (non-hydrogen) atoms. The van der Waals surface area contributed by atoms with Crippen LogP contribution in [0.25, 0.3) is 0 Å². The zero-order valence-electron chi connectivity index (χ0n) is 11.7. The lowest BCUT2D eigenvalue weighted by atomic mass is 9.88. The van der Waals surface area contributed by atoms with Crippen molar-refractivity contribution in [3.63, 3.8) is 0 Å². The van der Waals surface area contributed by atoms with Gasteiger partial charge in [-0.25, -0.2) is 0 Å². The summed E-state index contributed by atoms with van der Waals surface area (Å²) in [6.07, 6.45) is 8.61. The van der Waals surface area contributed by atoms with Gasteiger partial charge in [-0.1, -0.05) is 20.3 Å². The van der Waals surface area contributed by atoms with Gasteiger partial charge in [0.25, 0.3) is 0 Å². The molecular weight excluding hydrogens is 208 g/mol. The van der Waals surface area contributed by atoms with Crippen LogP contribution in [0.2, 0.25) is 0 Å². The van der Waals surface area contributed by atoms with E-state index in [0.29, 0.717) is 0 Å². The maximum Gasteiger partial charge on any atom is 0.0108 e. The second kappa shape index (κ2) is 6.19. The molecule has 0 spiro atoms. The Labute approximate surface area is 107 Å². The van der Waals surface area contributed by atoms with E-state index < -0.39 is 0 Å². The molecule has 0 aromatic heterocycles. The van der Waals surface area contributed by atoms with Gasteiger partial charge in [0.2, 0.25) is 0 Å². The average molecular weight is 238 g/mol. The largest absolute Gasteiger partial charge is 0.329 e. The zero-order valence-corrected chi connectivity index (χ0v) is 11.7. The van der Waals surface area contributed by atoms with Gasteiger partial charge in [-0.05, 0) is 49.9 Å². The number of fused-ring (bicyclic) bond motifs is 2. The smallest absolute Gasteiger partial charge is 0.0108 e. The Morgan fingerprint density at radius 1 is 1.18 bits per heavy atom. The van der Waals surface area contributed by atoms with Crippen molar-refractivity contribution >= 4 is 0 Å². The third kappa shape index (κ3) is 3.03. The van der Waals surface area contributed by atoms with E-state index in [4.69, 9.17) is 5.73 Å². The first-order valence-electron chi connectivity index (χ1n) is 7.72. The van der Waals surface area contributed by atoms with Crippen molar-refractivity contribution in [3.05, 3.63) is 0 Å². The van der Waals surface area contributed by atoms with E-state index >= 15 is 0 Å². The first-order chi connectivity index (χ1) is 8.28. The molecule has 2 heteroatoms.